The molecule has 0 amide bonds. The molecule has 3 rings (SSSR count). The molecule has 0 saturated heterocycles. The van der Waals surface area contributed by atoms with Crippen LogP contribution in [0, 0.1) is 6.92 Å². The summed E-state index contributed by atoms with van der Waals surface area (Å²) in [6, 6.07) is 7.52. The second-order valence-electron chi connectivity index (χ2n) is 4.13. The number of rotatable bonds is 1. The standard InChI is InChI=1S/C13H11ClN4/c1-8-7-18(17-13(8)15)12-4-5-16-11-6-9(14)2-3-10(11)12/h2-7H,1H3,(H2,15,17). The fraction of sp³-hybridized carbons (Fsp3) is 0.0769. The van der Waals surface area contributed by atoms with Gasteiger partial charge >= 0.3 is 0 Å². The maximum absolute atomic E-state index is 5.96. The number of hydrogen-bond donors (Lipinski definition) is 1. The van der Waals surface area contributed by atoms with E-state index in [9.17, 15) is 0 Å². The van der Waals surface area contributed by atoms with Crippen LogP contribution in [0.25, 0.3) is 16.6 Å². The quantitative estimate of drug-likeness (QED) is 0.730. The molecule has 4 nitrogen and oxygen atoms in total. The third kappa shape index (κ3) is 1.71. The van der Waals surface area contributed by atoms with Crippen molar-refractivity contribution in [3.05, 3.63) is 47.2 Å². The average molecular weight is 259 g/mol. The molecule has 0 bridgehead atoms. The first-order chi connectivity index (χ1) is 8.65. The van der Waals surface area contributed by atoms with Gasteiger partial charge in [0.2, 0.25) is 0 Å². The van der Waals surface area contributed by atoms with Crippen molar-refractivity contribution >= 4 is 28.3 Å². The number of nitrogens with zero attached hydrogens (tertiary/aromatic N) is 3. The summed E-state index contributed by atoms with van der Waals surface area (Å²) in [5.41, 5.74) is 8.51. The fourth-order valence-corrected chi connectivity index (χ4v) is 2.07. The molecule has 0 atom stereocenters. The number of aromatic nitrogens is 3. The minimum atomic E-state index is 0.536. The lowest BCUT2D eigenvalue weighted by molar-refractivity contribution is 0.891. The van der Waals surface area contributed by atoms with E-state index in [1.165, 1.54) is 0 Å². The van der Waals surface area contributed by atoms with E-state index in [4.69, 9.17) is 17.3 Å². The van der Waals surface area contributed by atoms with Gasteiger partial charge in [-0.15, -0.1) is 0 Å². The molecule has 5 heteroatoms. The molecule has 1 aromatic carbocycles. The molecule has 0 fully saturated rings. The summed E-state index contributed by atoms with van der Waals surface area (Å²) in [4.78, 5) is 4.30. The Morgan fingerprint density at radius 1 is 1.28 bits per heavy atom. The van der Waals surface area contributed by atoms with E-state index in [0.29, 0.717) is 10.8 Å². The van der Waals surface area contributed by atoms with Crippen molar-refractivity contribution in [2.24, 2.45) is 0 Å². The molecule has 0 aliphatic rings. The van der Waals surface area contributed by atoms with E-state index >= 15 is 0 Å². The number of nitrogens with two attached hydrogens (primary N) is 1. The number of halogens is 1. The van der Waals surface area contributed by atoms with Crippen LogP contribution >= 0.6 is 11.6 Å². The summed E-state index contributed by atoms with van der Waals surface area (Å²) in [6.07, 6.45) is 3.64. The highest BCUT2D eigenvalue weighted by Gasteiger charge is 2.07. The first-order valence-corrected chi connectivity index (χ1v) is 5.89. The minimum Gasteiger partial charge on any atom is -0.382 e. The Balaban J connectivity index is 2.29. The highest BCUT2D eigenvalue weighted by Crippen LogP contribution is 2.24. The molecule has 2 N–H and O–H groups in total. The molecular formula is C13H11ClN4. The van der Waals surface area contributed by atoms with Crippen molar-refractivity contribution in [2.45, 2.75) is 6.92 Å². The number of benzene rings is 1. The highest BCUT2D eigenvalue weighted by molar-refractivity contribution is 6.31. The lowest BCUT2D eigenvalue weighted by Crippen LogP contribution is -1.98. The van der Waals surface area contributed by atoms with E-state index in [-0.39, 0.29) is 0 Å². The summed E-state index contributed by atoms with van der Waals surface area (Å²) in [7, 11) is 0. The monoisotopic (exact) mass is 258 g/mol. The number of aryl methyl sites for hydroxylation is 1. The predicted molar refractivity (Wildman–Crippen MR) is 73.0 cm³/mol. The summed E-state index contributed by atoms with van der Waals surface area (Å²) < 4.78 is 1.77. The molecule has 90 valence electrons. The van der Waals surface area contributed by atoms with Crippen molar-refractivity contribution < 1.29 is 0 Å². The molecule has 18 heavy (non-hydrogen) atoms. The van der Waals surface area contributed by atoms with Crippen molar-refractivity contribution in [2.75, 3.05) is 5.73 Å². The Labute approximate surface area is 109 Å². The van der Waals surface area contributed by atoms with Gasteiger partial charge in [0.1, 0.15) is 5.82 Å². The minimum absolute atomic E-state index is 0.536. The first kappa shape index (κ1) is 11.0. The van der Waals surface area contributed by atoms with E-state index in [2.05, 4.69) is 10.1 Å². The van der Waals surface area contributed by atoms with Gasteiger partial charge < -0.3 is 5.73 Å². The molecule has 0 radical (unpaired) electrons. The second-order valence-corrected chi connectivity index (χ2v) is 4.57. The van der Waals surface area contributed by atoms with Crippen LogP contribution in [-0.4, -0.2) is 14.8 Å². The molecule has 0 aliphatic heterocycles. The Morgan fingerprint density at radius 3 is 2.83 bits per heavy atom. The maximum atomic E-state index is 5.96. The molecule has 3 aromatic rings. The van der Waals surface area contributed by atoms with Gasteiger partial charge in [-0.3, -0.25) is 4.98 Å². The molecule has 2 heterocycles. The fourth-order valence-electron chi connectivity index (χ4n) is 1.90. The van der Waals surface area contributed by atoms with Gasteiger partial charge in [0, 0.05) is 28.4 Å². The number of nitrogen functional groups attached to an aromatic ring is 1. The molecule has 0 aliphatic carbocycles. The van der Waals surface area contributed by atoms with Crippen LogP contribution in [0.3, 0.4) is 0 Å². The van der Waals surface area contributed by atoms with Crippen molar-refractivity contribution in [3.63, 3.8) is 0 Å². The van der Waals surface area contributed by atoms with Gasteiger partial charge in [0.25, 0.3) is 0 Å². The lowest BCUT2D eigenvalue weighted by atomic mass is 10.2. The van der Waals surface area contributed by atoms with Crippen LogP contribution in [0.1, 0.15) is 5.56 Å². The van der Waals surface area contributed by atoms with Crippen LogP contribution in [-0.2, 0) is 0 Å². The number of hydrogen-bond acceptors (Lipinski definition) is 3. The van der Waals surface area contributed by atoms with Crippen LogP contribution in [0.2, 0.25) is 5.02 Å². The van der Waals surface area contributed by atoms with E-state index < -0.39 is 0 Å². The summed E-state index contributed by atoms with van der Waals surface area (Å²) in [6.45, 7) is 1.93. The summed E-state index contributed by atoms with van der Waals surface area (Å²) in [5.74, 6) is 0.536. The highest BCUT2D eigenvalue weighted by atomic mass is 35.5. The van der Waals surface area contributed by atoms with Crippen molar-refractivity contribution in [3.8, 4) is 5.69 Å². The van der Waals surface area contributed by atoms with Gasteiger partial charge in [-0.05, 0) is 31.2 Å². The van der Waals surface area contributed by atoms with Gasteiger partial charge in [-0.1, -0.05) is 11.6 Å². The van der Waals surface area contributed by atoms with Gasteiger partial charge in [-0.25, -0.2) is 4.68 Å². The third-order valence-corrected chi connectivity index (χ3v) is 3.10. The van der Waals surface area contributed by atoms with Crippen LogP contribution in [0.5, 0.6) is 0 Å². The third-order valence-electron chi connectivity index (χ3n) is 2.86. The molecule has 0 saturated carbocycles. The second kappa shape index (κ2) is 3.99. The van der Waals surface area contributed by atoms with E-state index in [1.807, 2.05) is 37.4 Å². The summed E-state index contributed by atoms with van der Waals surface area (Å²) in [5, 5.41) is 5.95. The number of pyridine rings is 1. The normalized spacial score (nSPS) is 11.0. The molecule has 2 aromatic heterocycles. The van der Waals surface area contributed by atoms with Crippen LogP contribution in [0.4, 0.5) is 5.82 Å². The Bertz CT molecular complexity index is 713. The first-order valence-electron chi connectivity index (χ1n) is 5.51. The maximum Gasteiger partial charge on any atom is 0.148 e. The van der Waals surface area contributed by atoms with E-state index in [1.54, 1.807) is 10.9 Å². The van der Waals surface area contributed by atoms with Crippen LogP contribution < -0.4 is 5.73 Å². The largest absolute Gasteiger partial charge is 0.382 e. The zero-order valence-electron chi connectivity index (χ0n) is 9.76. The number of anilines is 1. The van der Waals surface area contributed by atoms with Gasteiger partial charge in [0.15, 0.2) is 0 Å². The van der Waals surface area contributed by atoms with Crippen LogP contribution in [0.15, 0.2) is 36.7 Å². The summed E-state index contributed by atoms with van der Waals surface area (Å²) >= 11 is 5.96. The van der Waals surface area contributed by atoms with Crippen molar-refractivity contribution in [1.82, 2.24) is 14.8 Å². The van der Waals surface area contributed by atoms with Gasteiger partial charge in [-0.2, -0.15) is 5.10 Å². The Hall–Kier alpha value is -2.07. The average Bonchev–Trinajstić information content (AvgIpc) is 2.68. The van der Waals surface area contributed by atoms with Gasteiger partial charge in [0.05, 0.1) is 11.2 Å². The number of fused-ring (bicyclic) bond motifs is 1. The zero-order chi connectivity index (χ0) is 12.7. The topological polar surface area (TPSA) is 56.7 Å². The SMILES string of the molecule is Cc1cn(-c2ccnc3cc(Cl)ccc23)nc1N. The zero-order valence-corrected chi connectivity index (χ0v) is 10.5. The Kier molecular flexibility index (Phi) is 2.45. The van der Waals surface area contributed by atoms with Crippen molar-refractivity contribution in [1.29, 1.82) is 0 Å². The van der Waals surface area contributed by atoms with E-state index in [0.717, 1.165) is 22.2 Å². The molecule has 0 spiro atoms. The predicted octanol–water partition coefficient (Wildman–Crippen LogP) is 2.96. The Morgan fingerprint density at radius 2 is 2.11 bits per heavy atom. The molecular weight excluding hydrogens is 248 g/mol. The molecule has 0 unspecified atom stereocenters. The smallest absolute Gasteiger partial charge is 0.148 e. The lowest BCUT2D eigenvalue weighted by Gasteiger charge is -2.05.